The first kappa shape index (κ1) is 15.0. The third-order valence-corrected chi connectivity index (χ3v) is 4.49. The van der Waals surface area contributed by atoms with Gasteiger partial charge in [-0.15, -0.1) is 11.3 Å². The second-order valence-electron chi connectivity index (χ2n) is 4.99. The summed E-state index contributed by atoms with van der Waals surface area (Å²) in [7, 11) is 0. The Morgan fingerprint density at radius 3 is 2.55 bits per heavy atom. The molecule has 0 radical (unpaired) electrons. The van der Waals surface area contributed by atoms with Crippen molar-refractivity contribution in [2.75, 3.05) is 0 Å². The van der Waals surface area contributed by atoms with Crippen LogP contribution in [0.2, 0.25) is 0 Å². The molecule has 20 heavy (non-hydrogen) atoms. The minimum absolute atomic E-state index is 0.0863. The average Bonchev–Trinajstić information content (AvgIpc) is 2.83. The molecule has 0 bridgehead atoms. The molecule has 108 valence electrons. The lowest BCUT2D eigenvalue weighted by Crippen LogP contribution is -2.31. The Bertz CT molecular complexity index is 582. The molecule has 0 saturated heterocycles. The van der Waals surface area contributed by atoms with Crippen molar-refractivity contribution in [2.24, 2.45) is 5.73 Å². The SMILES string of the molecule is CCC(N)C(Oc1ccc(F)cc1C)c1sccc1C. The lowest BCUT2D eigenvalue weighted by Gasteiger charge is -2.25. The zero-order valence-corrected chi connectivity index (χ0v) is 12.8. The van der Waals surface area contributed by atoms with Gasteiger partial charge in [-0.3, -0.25) is 0 Å². The van der Waals surface area contributed by atoms with E-state index in [-0.39, 0.29) is 18.0 Å². The summed E-state index contributed by atoms with van der Waals surface area (Å²) in [4.78, 5) is 1.14. The van der Waals surface area contributed by atoms with Gasteiger partial charge in [0.1, 0.15) is 17.7 Å². The van der Waals surface area contributed by atoms with Crippen LogP contribution in [0.1, 0.15) is 35.5 Å². The smallest absolute Gasteiger partial charge is 0.148 e. The van der Waals surface area contributed by atoms with Gasteiger partial charge in [0, 0.05) is 10.9 Å². The van der Waals surface area contributed by atoms with Crippen molar-refractivity contribution in [2.45, 2.75) is 39.3 Å². The molecule has 0 aliphatic heterocycles. The van der Waals surface area contributed by atoms with Crippen molar-refractivity contribution < 1.29 is 9.13 Å². The zero-order valence-electron chi connectivity index (χ0n) is 12.0. The second kappa shape index (κ2) is 6.37. The number of hydrogen-bond donors (Lipinski definition) is 1. The van der Waals surface area contributed by atoms with Crippen LogP contribution in [0.5, 0.6) is 5.75 Å². The minimum Gasteiger partial charge on any atom is -0.483 e. The van der Waals surface area contributed by atoms with Crippen molar-refractivity contribution in [1.29, 1.82) is 0 Å². The fourth-order valence-corrected chi connectivity index (χ4v) is 3.14. The van der Waals surface area contributed by atoms with E-state index in [1.54, 1.807) is 17.4 Å². The van der Waals surface area contributed by atoms with E-state index in [0.717, 1.165) is 16.9 Å². The molecule has 0 saturated carbocycles. The van der Waals surface area contributed by atoms with Gasteiger partial charge in [-0.2, -0.15) is 0 Å². The predicted molar refractivity (Wildman–Crippen MR) is 81.8 cm³/mol. The van der Waals surface area contributed by atoms with Crippen molar-refractivity contribution in [3.8, 4) is 5.75 Å². The highest BCUT2D eigenvalue weighted by atomic mass is 32.1. The van der Waals surface area contributed by atoms with Crippen LogP contribution in [-0.2, 0) is 0 Å². The number of rotatable bonds is 5. The van der Waals surface area contributed by atoms with Crippen LogP contribution in [0.15, 0.2) is 29.6 Å². The van der Waals surface area contributed by atoms with E-state index in [0.29, 0.717) is 5.75 Å². The molecule has 2 unspecified atom stereocenters. The first-order valence-corrected chi connectivity index (χ1v) is 7.63. The van der Waals surface area contributed by atoms with Crippen LogP contribution in [0.25, 0.3) is 0 Å². The summed E-state index contributed by atoms with van der Waals surface area (Å²) in [6, 6.07) is 6.54. The molecule has 2 N–H and O–H groups in total. The fraction of sp³-hybridized carbons (Fsp3) is 0.375. The van der Waals surface area contributed by atoms with Gasteiger partial charge >= 0.3 is 0 Å². The first-order chi connectivity index (χ1) is 9.52. The molecule has 2 aromatic rings. The number of aryl methyl sites for hydroxylation is 2. The van der Waals surface area contributed by atoms with Crippen LogP contribution >= 0.6 is 11.3 Å². The van der Waals surface area contributed by atoms with Gasteiger partial charge < -0.3 is 10.5 Å². The Balaban J connectivity index is 2.31. The van der Waals surface area contributed by atoms with E-state index in [4.69, 9.17) is 10.5 Å². The molecule has 0 amide bonds. The summed E-state index contributed by atoms with van der Waals surface area (Å²) in [6.45, 7) is 5.94. The second-order valence-corrected chi connectivity index (χ2v) is 5.94. The largest absolute Gasteiger partial charge is 0.483 e. The monoisotopic (exact) mass is 293 g/mol. The van der Waals surface area contributed by atoms with Crippen molar-refractivity contribution in [1.82, 2.24) is 0 Å². The summed E-state index contributed by atoms with van der Waals surface area (Å²) in [5, 5.41) is 2.04. The third kappa shape index (κ3) is 3.19. The lowest BCUT2D eigenvalue weighted by atomic mass is 10.0. The number of nitrogens with two attached hydrogens (primary N) is 1. The summed E-state index contributed by atoms with van der Waals surface area (Å²) in [6.07, 6.45) is 0.631. The molecule has 2 rings (SSSR count). The number of halogens is 1. The van der Waals surface area contributed by atoms with Gasteiger partial charge in [-0.1, -0.05) is 6.92 Å². The molecule has 4 heteroatoms. The van der Waals surface area contributed by atoms with Crippen molar-refractivity contribution >= 4 is 11.3 Å². The Morgan fingerprint density at radius 1 is 1.25 bits per heavy atom. The van der Waals surface area contributed by atoms with Crippen LogP contribution in [-0.4, -0.2) is 6.04 Å². The predicted octanol–water partition coefficient (Wildman–Crippen LogP) is 4.36. The van der Waals surface area contributed by atoms with Gasteiger partial charge in [0.25, 0.3) is 0 Å². The van der Waals surface area contributed by atoms with E-state index >= 15 is 0 Å². The summed E-state index contributed by atoms with van der Waals surface area (Å²) in [5.41, 5.74) is 8.18. The summed E-state index contributed by atoms with van der Waals surface area (Å²) < 4.78 is 19.3. The quantitative estimate of drug-likeness (QED) is 0.889. The molecule has 1 aromatic carbocycles. The standard InChI is InChI=1S/C16H20FNOS/c1-4-13(18)15(16-10(2)7-8-20-16)19-14-6-5-12(17)9-11(14)3/h5-9,13,15H,4,18H2,1-3H3. The zero-order chi connectivity index (χ0) is 14.7. The first-order valence-electron chi connectivity index (χ1n) is 6.75. The van der Waals surface area contributed by atoms with E-state index in [1.807, 2.05) is 19.2 Å². The molecule has 1 aromatic heterocycles. The fourth-order valence-electron chi connectivity index (χ4n) is 2.11. The van der Waals surface area contributed by atoms with Crippen LogP contribution in [0.4, 0.5) is 4.39 Å². The van der Waals surface area contributed by atoms with Crippen molar-refractivity contribution in [3.63, 3.8) is 0 Å². The van der Waals surface area contributed by atoms with Gasteiger partial charge in [0.05, 0.1) is 0 Å². The Kier molecular flexibility index (Phi) is 4.78. The van der Waals surface area contributed by atoms with Crippen LogP contribution in [0, 0.1) is 19.7 Å². The molecule has 1 heterocycles. The maximum atomic E-state index is 13.2. The third-order valence-electron chi connectivity index (χ3n) is 3.41. The number of ether oxygens (including phenoxy) is 1. The normalized spacial score (nSPS) is 14.1. The topological polar surface area (TPSA) is 35.2 Å². The Labute approximate surface area is 123 Å². The highest BCUT2D eigenvalue weighted by Gasteiger charge is 2.24. The number of thiophene rings is 1. The maximum Gasteiger partial charge on any atom is 0.148 e. The van der Waals surface area contributed by atoms with Gasteiger partial charge in [0.15, 0.2) is 0 Å². The molecular weight excluding hydrogens is 273 g/mol. The molecule has 0 aliphatic rings. The van der Waals surface area contributed by atoms with Crippen LogP contribution in [0.3, 0.4) is 0 Å². The molecule has 2 atom stereocenters. The van der Waals surface area contributed by atoms with Gasteiger partial charge in [-0.05, 0) is 61.0 Å². The van der Waals surface area contributed by atoms with E-state index < -0.39 is 0 Å². The highest BCUT2D eigenvalue weighted by molar-refractivity contribution is 7.10. The Morgan fingerprint density at radius 2 is 2.00 bits per heavy atom. The molecule has 2 nitrogen and oxygen atoms in total. The average molecular weight is 293 g/mol. The maximum absolute atomic E-state index is 13.2. The minimum atomic E-state index is -0.251. The molecule has 0 fully saturated rings. The van der Waals surface area contributed by atoms with Gasteiger partial charge in [-0.25, -0.2) is 4.39 Å². The van der Waals surface area contributed by atoms with E-state index in [2.05, 4.69) is 13.0 Å². The summed E-state index contributed by atoms with van der Waals surface area (Å²) >= 11 is 1.65. The highest BCUT2D eigenvalue weighted by Crippen LogP contribution is 2.32. The number of hydrogen-bond acceptors (Lipinski definition) is 3. The molecular formula is C16H20FNOS. The number of benzene rings is 1. The summed E-state index contributed by atoms with van der Waals surface area (Å²) in [5.74, 6) is 0.437. The Hall–Kier alpha value is -1.39. The van der Waals surface area contributed by atoms with Crippen LogP contribution < -0.4 is 10.5 Å². The molecule has 0 spiro atoms. The van der Waals surface area contributed by atoms with E-state index in [9.17, 15) is 4.39 Å². The van der Waals surface area contributed by atoms with Gasteiger partial charge in [0.2, 0.25) is 0 Å². The van der Waals surface area contributed by atoms with Crippen molar-refractivity contribution in [3.05, 3.63) is 51.5 Å². The molecule has 0 aliphatic carbocycles. The van der Waals surface area contributed by atoms with E-state index in [1.165, 1.54) is 17.7 Å². The lowest BCUT2D eigenvalue weighted by molar-refractivity contribution is 0.172.